The molecule has 1 aromatic rings. The molecular weight excluding hydrogens is 376 g/mol. The minimum atomic E-state index is -3.44. The maximum atomic E-state index is 12.3. The molecule has 0 amide bonds. The summed E-state index contributed by atoms with van der Waals surface area (Å²) in [4.78, 5) is 1.38. The fraction of sp³-hybridized carbons (Fsp3) is 0.692. The average Bonchev–Trinajstić information content (AvgIpc) is 3.18. The van der Waals surface area contributed by atoms with Gasteiger partial charge in [0.05, 0.1) is 3.79 Å². The number of hydrogen-bond acceptors (Lipinski definition) is 5. The van der Waals surface area contributed by atoms with Crippen molar-refractivity contribution in [2.45, 2.75) is 43.2 Å². The number of thiophene rings is 1. The van der Waals surface area contributed by atoms with Gasteiger partial charge >= 0.3 is 0 Å². The van der Waals surface area contributed by atoms with Gasteiger partial charge in [0, 0.05) is 37.7 Å². The third-order valence-corrected chi connectivity index (χ3v) is 6.92. The largest absolute Gasteiger partial charge is 0.385 e. The molecule has 1 aromatic heterocycles. The summed E-state index contributed by atoms with van der Waals surface area (Å²) in [7, 11) is -1.79. The van der Waals surface area contributed by atoms with Gasteiger partial charge < -0.3 is 10.1 Å². The van der Waals surface area contributed by atoms with Crippen LogP contribution in [-0.4, -0.2) is 34.7 Å². The van der Waals surface area contributed by atoms with Crippen LogP contribution in [0.5, 0.6) is 0 Å². The monoisotopic (exact) mass is 396 g/mol. The fourth-order valence-corrected chi connectivity index (χ4v) is 5.56. The number of ether oxygens (including phenoxy) is 1. The minimum absolute atomic E-state index is 0.340. The highest BCUT2D eigenvalue weighted by molar-refractivity contribution is 9.11. The van der Waals surface area contributed by atoms with Gasteiger partial charge in [0.15, 0.2) is 0 Å². The number of hydrogen-bond donors (Lipinski definition) is 2. The first-order valence-electron chi connectivity index (χ1n) is 7.03. The van der Waals surface area contributed by atoms with Crippen LogP contribution in [0.15, 0.2) is 14.7 Å². The summed E-state index contributed by atoms with van der Waals surface area (Å²) in [5, 5.41) is 3.39. The number of nitrogens with one attached hydrogen (secondary N) is 2. The van der Waals surface area contributed by atoms with E-state index in [-0.39, 0.29) is 0 Å². The van der Waals surface area contributed by atoms with Crippen LogP contribution < -0.4 is 10.0 Å². The van der Waals surface area contributed by atoms with Crippen molar-refractivity contribution in [3.63, 3.8) is 0 Å². The van der Waals surface area contributed by atoms with Crippen molar-refractivity contribution < 1.29 is 13.2 Å². The lowest BCUT2D eigenvalue weighted by atomic mass is 10.3. The molecule has 0 saturated heterocycles. The second-order valence-corrected chi connectivity index (χ2v) is 9.29. The van der Waals surface area contributed by atoms with Crippen LogP contribution in [0.4, 0.5) is 0 Å². The van der Waals surface area contributed by atoms with Crippen LogP contribution in [0.1, 0.15) is 30.6 Å². The maximum Gasteiger partial charge on any atom is 0.242 e. The van der Waals surface area contributed by atoms with Gasteiger partial charge in [-0.3, -0.25) is 0 Å². The predicted octanol–water partition coefficient (Wildman–Crippen LogP) is 2.47. The van der Waals surface area contributed by atoms with E-state index in [1.807, 2.05) is 0 Å². The molecule has 0 aliphatic heterocycles. The van der Waals surface area contributed by atoms with E-state index < -0.39 is 10.0 Å². The van der Waals surface area contributed by atoms with Gasteiger partial charge in [-0.15, -0.1) is 11.3 Å². The Hall–Kier alpha value is 0.01000. The summed E-state index contributed by atoms with van der Waals surface area (Å²) in [6.07, 6.45) is 4.06. The topological polar surface area (TPSA) is 67.4 Å². The minimum Gasteiger partial charge on any atom is -0.385 e. The first-order chi connectivity index (χ1) is 10.0. The Labute approximate surface area is 138 Å². The predicted molar refractivity (Wildman–Crippen MR) is 88.2 cm³/mol. The van der Waals surface area contributed by atoms with Crippen LogP contribution >= 0.6 is 27.3 Å². The zero-order chi connectivity index (χ0) is 15.3. The van der Waals surface area contributed by atoms with E-state index in [4.69, 9.17) is 4.74 Å². The Kier molecular flexibility index (Phi) is 6.64. The maximum absolute atomic E-state index is 12.3. The molecule has 0 spiro atoms. The van der Waals surface area contributed by atoms with Gasteiger partial charge in [0.1, 0.15) is 4.90 Å². The number of sulfonamides is 1. The molecule has 2 N–H and O–H groups in total. The summed E-state index contributed by atoms with van der Waals surface area (Å²) >= 11 is 4.83. The van der Waals surface area contributed by atoms with Crippen LogP contribution in [0.2, 0.25) is 0 Å². The van der Waals surface area contributed by atoms with Gasteiger partial charge in [-0.05, 0) is 47.7 Å². The number of rotatable bonds is 10. The first kappa shape index (κ1) is 17.4. The molecule has 120 valence electrons. The molecular formula is C13H21BrN2O3S2. The average molecular weight is 397 g/mol. The molecule has 0 radical (unpaired) electrons. The molecule has 1 aliphatic rings. The smallest absolute Gasteiger partial charge is 0.242 e. The highest BCUT2D eigenvalue weighted by atomic mass is 79.9. The van der Waals surface area contributed by atoms with Crippen LogP contribution in [-0.2, 0) is 21.3 Å². The first-order valence-corrected chi connectivity index (χ1v) is 10.1. The fourth-order valence-electron chi connectivity index (χ4n) is 1.86. The van der Waals surface area contributed by atoms with Gasteiger partial charge in [0.25, 0.3) is 0 Å². The van der Waals surface area contributed by atoms with E-state index in [0.717, 1.165) is 24.3 Å². The Morgan fingerprint density at radius 3 is 2.86 bits per heavy atom. The molecule has 0 bridgehead atoms. The quantitative estimate of drug-likeness (QED) is 0.596. The molecule has 1 fully saturated rings. The van der Waals surface area contributed by atoms with Crippen molar-refractivity contribution >= 4 is 37.3 Å². The summed E-state index contributed by atoms with van der Waals surface area (Å²) in [6.45, 7) is 1.82. The molecule has 5 nitrogen and oxygen atoms in total. The van der Waals surface area contributed by atoms with Crippen molar-refractivity contribution in [3.05, 3.63) is 14.7 Å². The highest BCUT2D eigenvalue weighted by Crippen LogP contribution is 2.32. The molecule has 1 aliphatic carbocycles. The number of halogens is 1. The Balaban J connectivity index is 1.88. The van der Waals surface area contributed by atoms with Crippen molar-refractivity contribution in [3.8, 4) is 0 Å². The van der Waals surface area contributed by atoms with E-state index in [1.54, 1.807) is 13.2 Å². The molecule has 0 aromatic carbocycles. The Morgan fingerprint density at radius 1 is 1.43 bits per heavy atom. The third-order valence-electron chi connectivity index (χ3n) is 3.21. The van der Waals surface area contributed by atoms with Gasteiger partial charge in [-0.1, -0.05) is 0 Å². The van der Waals surface area contributed by atoms with E-state index in [9.17, 15) is 8.42 Å². The molecule has 1 heterocycles. The van der Waals surface area contributed by atoms with E-state index >= 15 is 0 Å². The summed E-state index contributed by atoms with van der Waals surface area (Å²) < 4.78 is 32.8. The number of unbranched alkanes of at least 4 members (excludes halogenated alkanes) is 1. The second-order valence-electron chi connectivity index (χ2n) is 5.10. The molecule has 2 rings (SSSR count). The lowest BCUT2D eigenvalue weighted by molar-refractivity contribution is 0.193. The van der Waals surface area contributed by atoms with Crippen molar-refractivity contribution in [2.75, 3.05) is 20.3 Å². The van der Waals surface area contributed by atoms with Gasteiger partial charge in [-0.25, -0.2) is 13.1 Å². The van der Waals surface area contributed by atoms with Crippen molar-refractivity contribution in [2.24, 2.45) is 0 Å². The van der Waals surface area contributed by atoms with E-state index in [2.05, 4.69) is 26.0 Å². The van der Waals surface area contributed by atoms with Crippen LogP contribution in [0, 0.1) is 0 Å². The molecule has 1 saturated carbocycles. The SMILES string of the molecule is COCCCCNS(=O)(=O)c1cc(CNC2CC2)sc1Br. The van der Waals surface area contributed by atoms with Crippen LogP contribution in [0.3, 0.4) is 0 Å². The summed E-state index contributed by atoms with van der Waals surface area (Å²) in [6, 6.07) is 2.37. The summed E-state index contributed by atoms with van der Waals surface area (Å²) in [5.74, 6) is 0. The van der Waals surface area contributed by atoms with Gasteiger partial charge in [-0.2, -0.15) is 0 Å². The second kappa shape index (κ2) is 8.03. The highest BCUT2D eigenvalue weighted by Gasteiger charge is 2.23. The zero-order valence-electron chi connectivity index (χ0n) is 12.0. The normalized spacial score (nSPS) is 15.5. The van der Waals surface area contributed by atoms with Gasteiger partial charge in [0.2, 0.25) is 10.0 Å². The Bertz CT molecular complexity index is 556. The van der Waals surface area contributed by atoms with Crippen molar-refractivity contribution in [1.29, 1.82) is 0 Å². The van der Waals surface area contributed by atoms with E-state index in [1.165, 1.54) is 24.2 Å². The molecule has 0 unspecified atom stereocenters. The lowest BCUT2D eigenvalue weighted by Gasteiger charge is -2.05. The van der Waals surface area contributed by atoms with Crippen LogP contribution in [0.25, 0.3) is 0 Å². The lowest BCUT2D eigenvalue weighted by Crippen LogP contribution is -2.25. The van der Waals surface area contributed by atoms with E-state index in [0.29, 0.717) is 27.9 Å². The molecule has 8 heteroatoms. The standard InChI is InChI=1S/C13H21BrN2O3S2/c1-19-7-3-2-6-16-21(17,18)12-8-11(20-13(12)14)9-15-10-4-5-10/h8,10,15-16H,2-7,9H2,1H3. The number of methoxy groups -OCH3 is 1. The molecule has 21 heavy (non-hydrogen) atoms. The summed E-state index contributed by atoms with van der Waals surface area (Å²) in [5.41, 5.74) is 0. The third kappa shape index (κ3) is 5.61. The van der Waals surface area contributed by atoms with Crippen molar-refractivity contribution in [1.82, 2.24) is 10.0 Å². The molecule has 0 atom stereocenters. The zero-order valence-corrected chi connectivity index (χ0v) is 15.2. The Morgan fingerprint density at radius 2 is 2.19 bits per heavy atom.